The van der Waals surface area contributed by atoms with Crippen molar-refractivity contribution in [3.05, 3.63) is 24.0 Å². The molecule has 0 aliphatic heterocycles. The lowest BCUT2D eigenvalue weighted by atomic mass is 10.1. The van der Waals surface area contributed by atoms with E-state index in [1.807, 2.05) is 12.1 Å². The van der Waals surface area contributed by atoms with Gasteiger partial charge in [-0.1, -0.05) is 13.3 Å². The zero-order valence-electron chi connectivity index (χ0n) is 12.0. The zero-order valence-corrected chi connectivity index (χ0v) is 12.0. The van der Waals surface area contributed by atoms with Crippen molar-refractivity contribution in [3.8, 4) is 5.75 Å². The van der Waals surface area contributed by atoms with E-state index in [-0.39, 0.29) is 6.04 Å². The predicted molar refractivity (Wildman–Crippen MR) is 78.5 cm³/mol. The molecule has 1 aromatic heterocycles. The van der Waals surface area contributed by atoms with Crippen LogP contribution >= 0.6 is 0 Å². The first-order valence-corrected chi connectivity index (χ1v) is 6.98. The van der Waals surface area contributed by atoms with Gasteiger partial charge in [0, 0.05) is 25.1 Å². The molecular formula is C15H23N3O. The Morgan fingerprint density at radius 2 is 2.16 bits per heavy atom. The first-order valence-electron chi connectivity index (χ1n) is 6.98. The number of benzene rings is 1. The Kier molecular flexibility index (Phi) is 4.43. The summed E-state index contributed by atoms with van der Waals surface area (Å²) in [6.45, 7) is 5.21. The van der Waals surface area contributed by atoms with Crippen LogP contribution in [0.3, 0.4) is 0 Å². The van der Waals surface area contributed by atoms with Gasteiger partial charge in [0.1, 0.15) is 11.6 Å². The maximum Gasteiger partial charge on any atom is 0.121 e. The minimum Gasteiger partial charge on any atom is -0.497 e. The van der Waals surface area contributed by atoms with Crippen LogP contribution in [0.5, 0.6) is 5.75 Å². The van der Waals surface area contributed by atoms with Gasteiger partial charge in [-0.25, -0.2) is 4.98 Å². The molecule has 1 unspecified atom stereocenters. The van der Waals surface area contributed by atoms with Crippen molar-refractivity contribution < 1.29 is 4.74 Å². The molecule has 19 heavy (non-hydrogen) atoms. The summed E-state index contributed by atoms with van der Waals surface area (Å²) in [7, 11) is 1.68. The average Bonchev–Trinajstić information content (AvgIpc) is 2.74. The SMILES string of the molecule is CCCC(N)Cc1nc2cc(OC)ccc2n1CC. The van der Waals surface area contributed by atoms with Gasteiger partial charge in [-0.05, 0) is 25.5 Å². The highest BCUT2D eigenvalue weighted by Gasteiger charge is 2.13. The smallest absolute Gasteiger partial charge is 0.121 e. The van der Waals surface area contributed by atoms with Crippen LogP contribution in [0.4, 0.5) is 0 Å². The number of imidazole rings is 1. The highest BCUT2D eigenvalue weighted by Crippen LogP contribution is 2.22. The monoisotopic (exact) mass is 261 g/mol. The van der Waals surface area contributed by atoms with Crippen molar-refractivity contribution in [1.82, 2.24) is 9.55 Å². The third-order valence-electron chi connectivity index (χ3n) is 3.45. The summed E-state index contributed by atoms with van der Waals surface area (Å²) in [5.41, 5.74) is 8.28. The van der Waals surface area contributed by atoms with Gasteiger partial charge in [0.25, 0.3) is 0 Å². The van der Waals surface area contributed by atoms with E-state index in [9.17, 15) is 0 Å². The Morgan fingerprint density at radius 1 is 1.37 bits per heavy atom. The molecule has 2 N–H and O–H groups in total. The maximum atomic E-state index is 6.14. The number of methoxy groups -OCH3 is 1. The molecule has 2 aromatic rings. The lowest BCUT2D eigenvalue weighted by molar-refractivity contribution is 0.415. The third kappa shape index (κ3) is 2.89. The molecule has 104 valence electrons. The summed E-state index contributed by atoms with van der Waals surface area (Å²) >= 11 is 0. The van der Waals surface area contributed by atoms with Crippen molar-refractivity contribution >= 4 is 11.0 Å². The summed E-state index contributed by atoms with van der Waals surface area (Å²) in [5, 5.41) is 0. The van der Waals surface area contributed by atoms with Crippen LogP contribution in [0.25, 0.3) is 11.0 Å². The molecule has 4 nitrogen and oxygen atoms in total. The van der Waals surface area contributed by atoms with Gasteiger partial charge in [-0.2, -0.15) is 0 Å². The number of fused-ring (bicyclic) bond motifs is 1. The molecule has 0 radical (unpaired) electrons. The normalized spacial score (nSPS) is 12.8. The average molecular weight is 261 g/mol. The summed E-state index contributed by atoms with van der Waals surface area (Å²) in [4.78, 5) is 4.72. The van der Waals surface area contributed by atoms with Crippen molar-refractivity contribution in [1.29, 1.82) is 0 Å². The number of aromatic nitrogens is 2. The molecule has 1 aromatic carbocycles. The highest BCUT2D eigenvalue weighted by molar-refractivity contribution is 5.77. The predicted octanol–water partition coefficient (Wildman–Crippen LogP) is 2.73. The molecule has 0 spiro atoms. The fourth-order valence-electron chi connectivity index (χ4n) is 2.50. The molecule has 4 heteroatoms. The molecule has 0 saturated carbocycles. The number of nitrogens with two attached hydrogens (primary N) is 1. The van der Waals surface area contributed by atoms with E-state index < -0.39 is 0 Å². The Hall–Kier alpha value is -1.55. The molecule has 0 saturated heterocycles. The highest BCUT2D eigenvalue weighted by atomic mass is 16.5. The fourth-order valence-corrected chi connectivity index (χ4v) is 2.50. The van der Waals surface area contributed by atoms with E-state index in [2.05, 4.69) is 24.5 Å². The van der Waals surface area contributed by atoms with Crippen molar-refractivity contribution in [3.63, 3.8) is 0 Å². The molecule has 0 aliphatic rings. The van der Waals surface area contributed by atoms with Gasteiger partial charge in [0.05, 0.1) is 18.1 Å². The second-order valence-electron chi connectivity index (χ2n) is 4.88. The van der Waals surface area contributed by atoms with Crippen LogP contribution < -0.4 is 10.5 Å². The minimum atomic E-state index is 0.189. The van der Waals surface area contributed by atoms with E-state index >= 15 is 0 Å². The van der Waals surface area contributed by atoms with E-state index in [4.69, 9.17) is 15.5 Å². The molecule has 0 bridgehead atoms. The molecule has 2 rings (SSSR count). The second kappa shape index (κ2) is 6.06. The van der Waals surface area contributed by atoms with Gasteiger partial charge in [-0.15, -0.1) is 0 Å². The minimum absolute atomic E-state index is 0.189. The van der Waals surface area contributed by atoms with Gasteiger partial charge >= 0.3 is 0 Å². The maximum absolute atomic E-state index is 6.14. The number of ether oxygens (including phenoxy) is 1. The lowest BCUT2D eigenvalue weighted by Gasteiger charge is -2.11. The van der Waals surface area contributed by atoms with Gasteiger partial charge < -0.3 is 15.0 Å². The van der Waals surface area contributed by atoms with Gasteiger partial charge in [0.15, 0.2) is 0 Å². The Bertz CT molecular complexity index is 548. The van der Waals surface area contributed by atoms with Crippen LogP contribution in [0.2, 0.25) is 0 Å². The summed E-state index contributed by atoms with van der Waals surface area (Å²) in [6.07, 6.45) is 2.98. The Labute approximate surface area is 114 Å². The molecule has 0 amide bonds. The number of nitrogens with zero attached hydrogens (tertiary/aromatic N) is 2. The van der Waals surface area contributed by atoms with E-state index in [1.54, 1.807) is 7.11 Å². The number of aryl methyl sites for hydroxylation is 1. The molecule has 1 heterocycles. The Balaban J connectivity index is 2.37. The van der Waals surface area contributed by atoms with E-state index in [1.165, 1.54) is 0 Å². The second-order valence-corrected chi connectivity index (χ2v) is 4.88. The van der Waals surface area contributed by atoms with Crippen LogP contribution in [0, 0.1) is 0 Å². The lowest BCUT2D eigenvalue weighted by Crippen LogP contribution is -2.24. The zero-order chi connectivity index (χ0) is 13.8. The quantitative estimate of drug-likeness (QED) is 0.870. The third-order valence-corrected chi connectivity index (χ3v) is 3.45. The standard InChI is InChI=1S/C15H23N3O/c1-4-6-11(16)9-15-17-13-10-12(19-3)7-8-14(13)18(15)5-2/h7-8,10-11H,4-6,9,16H2,1-3H3. The van der Waals surface area contributed by atoms with Gasteiger partial charge in [-0.3, -0.25) is 0 Å². The van der Waals surface area contributed by atoms with Crippen LogP contribution in [0.15, 0.2) is 18.2 Å². The molecule has 0 aliphatic carbocycles. The van der Waals surface area contributed by atoms with Crippen LogP contribution in [-0.4, -0.2) is 22.7 Å². The largest absolute Gasteiger partial charge is 0.497 e. The van der Waals surface area contributed by atoms with E-state index in [0.29, 0.717) is 0 Å². The molecular weight excluding hydrogens is 238 g/mol. The van der Waals surface area contributed by atoms with E-state index in [0.717, 1.165) is 48.4 Å². The first-order chi connectivity index (χ1) is 9.19. The summed E-state index contributed by atoms with van der Waals surface area (Å²) < 4.78 is 7.49. The van der Waals surface area contributed by atoms with Crippen molar-refractivity contribution in [2.24, 2.45) is 5.73 Å². The summed E-state index contributed by atoms with van der Waals surface area (Å²) in [6, 6.07) is 6.22. The number of hydrogen-bond acceptors (Lipinski definition) is 3. The Morgan fingerprint density at radius 3 is 2.79 bits per heavy atom. The topological polar surface area (TPSA) is 53.1 Å². The molecule has 0 fully saturated rings. The van der Waals surface area contributed by atoms with Crippen molar-refractivity contribution in [2.75, 3.05) is 7.11 Å². The van der Waals surface area contributed by atoms with Crippen LogP contribution in [0.1, 0.15) is 32.5 Å². The summed E-state index contributed by atoms with van der Waals surface area (Å²) in [5.74, 6) is 1.92. The fraction of sp³-hybridized carbons (Fsp3) is 0.533. The van der Waals surface area contributed by atoms with Gasteiger partial charge in [0.2, 0.25) is 0 Å². The molecule has 1 atom stereocenters. The number of hydrogen-bond donors (Lipinski definition) is 1. The first kappa shape index (κ1) is 13.9. The van der Waals surface area contributed by atoms with Crippen LogP contribution in [-0.2, 0) is 13.0 Å². The van der Waals surface area contributed by atoms with Crippen molar-refractivity contribution in [2.45, 2.75) is 45.7 Å². The number of rotatable bonds is 6.